The highest BCUT2D eigenvalue weighted by molar-refractivity contribution is 5.91. The topological polar surface area (TPSA) is 93.1 Å². The molecular weight excluding hydrogens is 336 g/mol. The zero-order chi connectivity index (χ0) is 19.3. The Balaban J connectivity index is 2.37. The van der Waals surface area contributed by atoms with E-state index in [0.717, 1.165) is 11.1 Å². The van der Waals surface area contributed by atoms with Gasteiger partial charge in [-0.25, -0.2) is 4.79 Å². The molecule has 0 spiro atoms. The van der Waals surface area contributed by atoms with E-state index in [1.54, 1.807) is 6.08 Å². The molecule has 144 valence electrons. The molecule has 1 fully saturated rings. The maximum absolute atomic E-state index is 12.3. The molecule has 2 aliphatic rings. The van der Waals surface area contributed by atoms with Crippen molar-refractivity contribution >= 4 is 11.9 Å². The summed E-state index contributed by atoms with van der Waals surface area (Å²) in [7, 11) is 0. The summed E-state index contributed by atoms with van der Waals surface area (Å²) in [5, 5.41) is 19.2. The number of carbonyl (C=O) groups is 2. The second-order valence-corrected chi connectivity index (χ2v) is 7.29. The Kier molecular flexibility index (Phi) is 7.17. The Morgan fingerprint density at radius 1 is 1.35 bits per heavy atom. The first-order chi connectivity index (χ1) is 12.3. The Labute approximate surface area is 154 Å². The molecule has 1 aliphatic carbocycles. The summed E-state index contributed by atoms with van der Waals surface area (Å²) in [4.78, 5) is 24.3. The molecule has 1 heterocycles. The molecule has 0 amide bonds. The molecule has 0 aromatic rings. The Bertz CT molecular complexity index is 616. The smallest absolute Gasteiger partial charge is 0.334 e. The van der Waals surface area contributed by atoms with Crippen LogP contribution in [0.1, 0.15) is 39.5 Å². The Morgan fingerprint density at radius 2 is 2.04 bits per heavy atom. The molecule has 0 saturated carbocycles. The van der Waals surface area contributed by atoms with Crippen LogP contribution in [0.25, 0.3) is 0 Å². The number of aliphatic hydroxyl groups is 2. The van der Waals surface area contributed by atoms with E-state index >= 15 is 0 Å². The van der Waals surface area contributed by atoms with Gasteiger partial charge in [0.1, 0.15) is 12.2 Å². The van der Waals surface area contributed by atoms with Crippen LogP contribution >= 0.6 is 0 Å². The Hall–Kier alpha value is -1.92. The lowest BCUT2D eigenvalue weighted by molar-refractivity contribution is -0.152. The van der Waals surface area contributed by atoms with Gasteiger partial charge in [0.05, 0.1) is 19.1 Å². The van der Waals surface area contributed by atoms with Crippen LogP contribution in [-0.2, 0) is 19.1 Å². The summed E-state index contributed by atoms with van der Waals surface area (Å²) in [5.41, 5.74) is 1.73. The van der Waals surface area contributed by atoms with Crippen molar-refractivity contribution < 1.29 is 29.3 Å². The maximum atomic E-state index is 12.3. The van der Waals surface area contributed by atoms with Gasteiger partial charge in [0.15, 0.2) is 0 Å². The zero-order valence-electron chi connectivity index (χ0n) is 15.4. The number of fused-ring (bicyclic) bond motifs is 1. The predicted octanol–water partition coefficient (Wildman–Crippen LogP) is 2.06. The van der Waals surface area contributed by atoms with Gasteiger partial charge >= 0.3 is 11.9 Å². The third kappa shape index (κ3) is 5.05. The SMILES string of the molecule is C=C1C(=O)O[C@@H]2/C=C(/CO)CC/C=C(/CO)C[C@@H](OC(=O)CC(C)C)[C@@H]12. The van der Waals surface area contributed by atoms with Crippen molar-refractivity contribution in [3.8, 4) is 0 Å². The van der Waals surface area contributed by atoms with Gasteiger partial charge in [0.25, 0.3) is 0 Å². The van der Waals surface area contributed by atoms with Crippen molar-refractivity contribution in [1.82, 2.24) is 0 Å². The van der Waals surface area contributed by atoms with E-state index < -0.39 is 24.1 Å². The summed E-state index contributed by atoms with van der Waals surface area (Å²) in [6.45, 7) is 7.37. The summed E-state index contributed by atoms with van der Waals surface area (Å²) in [6, 6.07) is 0. The molecule has 0 aromatic carbocycles. The van der Waals surface area contributed by atoms with Crippen molar-refractivity contribution in [2.45, 2.75) is 51.7 Å². The highest BCUT2D eigenvalue weighted by Crippen LogP contribution is 2.36. The van der Waals surface area contributed by atoms with Gasteiger partial charge in [-0.3, -0.25) is 4.79 Å². The van der Waals surface area contributed by atoms with E-state index in [9.17, 15) is 19.8 Å². The molecule has 26 heavy (non-hydrogen) atoms. The lowest BCUT2D eigenvalue weighted by atomic mass is 9.85. The van der Waals surface area contributed by atoms with Gasteiger partial charge in [-0.1, -0.05) is 26.5 Å². The number of aliphatic hydroxyl groups excluding tert-OH is 2. The molecule has 6 heteroatoms. The average Bonchev–Trinajstić information content (AvgIpc) is 2.85. The number of rotatable bonds is 5. The van der Waals surface area contributed by atoms with E-state index in [2.05, 4.69) is 6.58 Å². The molecule has 0 unspecified atom stereocenters. The normalized spacial score (nSPS) is 30.7. The van der Waals surface area contributed by atoms with Crippen molar-refractivity contribution in [1.29, 1.82) is 0 Å². The molecule has 1 saturated heterocycles. The fourth-order valence-electron chi connectivity index (χ4n) is 3.35. The first-order valence-corrected chi connectivity index (χ1v) is 9.04. The van der Waals surface area contributed by atoms with E-state index in [0.29, 0.717) is 19.3 Å². The molecule has 2 N–H and O–H groups in total. The largest absolute Gasteiger partial charge is 0.461 e. The highest BCUT2D eigenvalue weighted by atomic mass is 16.6. The summed E-state index contributed by atoms with van der Waals surface area (Å²) < 4.78 is 11.1. The third-order valence-corrected chi connectivity index (χ3v) is 4.69. The van der Waals surface area contributed by atoms with Gasteiger partial charge < -0.3 is 19.7 Å². The van der Waals surface area contributed by atoms with Crippen molar-refractivity contribution in [2.24, 2.45) is 11.8 Å². The zero-order valence-corrected chi connectivity index (χ0v) is 15.4. The monoisotopic (exact) mass is 364 g/mol. The lowest BCUT2D eigenvalue weighted by Gasteiger charge is -2.28. The van der Waals surface area contributed by atoms with Gasteiger partial charge in [-0.05, 0) is 36.0 Å². The highest BCUT2D eigenvalue weighted by Gasteiger charge is 2.44. The molecule has 6 nitrogen and oxygen atoms in total. The first-order valence-electron chi connectivity index (χ1n) is 9.04. The third-order valence-electron chi connectivity index (χ3n) is 4.69. The summed E-state index contributed by atoms with van der Waals surface area (Å²) >= 11 is 0. The van der Waals surface area contributed by atoms with Crippen LogP contribution < -0.4 is 0 Å². The van der Waals surface area contributed by atoms with E-state index in [1.165, 1.54) is 0 Å². The average molecular weight is 364 g/mol. The van der Waals surface area contributed by atoms with Crippen molar-refractivity contribution in [2.75, 3.05) is 13.2 Å². The van der Waals surface area contributed by atoms with Crippen molar-refractivity contribution in [3.63, 3.8) is 0 Å². The number of hydrogen-bond donors (Lipinski definition) is 2. The lowest BCUT2D eigenvalue weighted by Crippen LogP contribution is -2.34. The van der Waals surface area contributed by atoms with Gasteiger partial charge in [-0.2, -0.15) is 0 Å². The standard InChI is InChI=1S/C20H28O6/c1-12(2)7-18(23)25-16-8-14(10-21)5-4-6-15(11-22)9-17-19(16)13(3)20(24)26-17/h5,9,12,16-17,19,21-22H,3-4,6-8,10-11H2,1-2H3/b14-5+,15-9+/t16-,17-,19-/m1/s1. The van der Waals surface area contributed by atoms with Crippen LogP contribution in [0, 0.1) is 11.8 Å². The predicted molar refractivity (Wildman–Crippen MR) is 96.0 cm³/mol. The molecule has 3 atom stereocenters. The van der Waals surface area contributed by atoms with Crippen LogP contribution in [0.5, 0.6) is 0 Å². The number of esters is 2. The number of carbonyl (C=O) groups excluding carboxylic acids is 2. The van der Waals surface area contributed by atoms with Gasteiger partial charge in [-0.15, -0.1) is 0 Å². The summed E-state index contributed by atoms with van der Waals surface area (Å²) in [6.07, 6.45) is 4.18. The van der Waals surface area contributed by atoms with Crippen LogP contribution in [0.3, 0.4) is 0 Å². The van der Waals surface area contributed by atoms with Gasteiger partial charge in [0, 0.05) is 18.4 Å². The molecule has 0 bridgehead atoms. The minimum Gasteiger partial charge on any atom is -0.461 e. The van der Waals surface area contributed by atoms with E-state index in [1.807, 2.05) is 19.9 Å². The fourth-order valence-corrected chi connectivity index (χ4v) is 3.35. The van der Waals surface area contributed by atoms with Crippen LogP contribution in [-0.4, -0.2) is 47.6 Å². The second-order valence-electron chi connectivity index (χ2n) is 7.29. The molecule has 0 radical (unpaired) electrons. The number of ether oxygens (including phenoxy) is 2. The number of hydrogen-bond acceptors (Lipinski definition) is 6. The minimum atomic E-state index is -0.655. The molecule has 2 rings (SSSR count). The van der Waals surface area contributed by atoms with Crippen LogP contribution in [0.15, 0.2) is 35.5 Å². The maximum Gasteiger partial charge on any atom is 0.334 e. The second kappa shape index (κ2) is 9.14. The van der Waals surface area contributed by atoms with E-state index in [-0.39, 0.29) is 37.1 Å². The quantitative estimate of drug-likeness (QED) is 0.441. The van der Waals surface area contributed by atoms with E-state index in [4.69, 9.17) is 9.47 Å². The van der Waals surface area contributed by atoms with Crippen LogP contribution in [0.2, 0.25) is 0 Å². The number of allylic oxidation sites excluding steroid dienone is 1. The van der Waals surface area contributed by atoms with Crippen molar-refractivity contribution in [3.05, 3.63) is 35.5 Å². The first kappa shape index (κ1) is 20.4. The Morgan fingerprint density at radius 3 is 2.65 bits per heavy atom. The minimum absolute atomic E-state index is 0.145. The van der Waals surface area contributed by atoms with Crippen LogP contribution in [0.4, 0.5) is 0 Å². The summed E-state index contributed by atoms with van der Waals surface area (Å²) in [5.74, 6) is -1.26. The fraction of sp³-hybridized carbons (Fsp3) is 0.600. The molecule has 1 aliphatic heterocycles. The molecule has 0 aromatic heterocycles. The van der Waals surface area contributed by atoms with Gasteiger partial charge in [0.2, 0.25) is 0 Å². The molecular formula is C20H28O6.